The fourth-order valence-corrected chi connectivity index (χ4v) is 4.63. The number of carbonyl (C=O) groups is 1. The highest BCUT2D eigenvalue weighted by molar-refractivity contribution is 7.18. The largest absolute Gasteiger partial charge is 0.477 e. The van der Waals surface area contributed by atoms with Gasteiger partial charge in [0.25, 0.3) is 5.92 Å². The van der Waals surface area contributed by atoms with Gasteiger partial charge in [0.2, 0.25) is 5.69 Å². The average molecular weight is 414 g/mol. The minimum absolute atomic E-state index is 0.260. The molecule has 2 heterocycles. The van der Waals surface area contributed by atoms with Crippen molar-refractivity contribution in [1.29, 1.82) is 0 Å². The van der Waals surface area contributed by atoms with Gasteiger partial charge < -0.3 is 14.7 Å². The van der Waals surface area contributed by atoms with Crippen LogP contribution in [-0.4, -0.2) is 37.4 Å². The number of ether oxygens (including phenoxy) is 1. The van der Waals surface area contributed by atoms with Crippen LogP contribution in [0.3, 0.4) is 0 Å². The Labute approximate surface area is 169 Å². The van der Waals surface area contributed by atoms with E-state index in [4.69, 9.17) is 11.3 Å². The van der Waals surface area contributed by atoms with Gasteiger partial charge in [0.1, 0.15) is 4.88 Å². The molecule has 148 valence electrons. The summed E-state index contributed by atoms with van der Waals surface area (Å²) in [5.74, 6) is -5.09. The maximum atomic E-state index is 15.6. The third-order valence-corrected chi connectivity index (χ3v) is 6.12. The van der Waals surface area contributed by atoms with E-state index < -0.39 is 22.3 Å². The van der Waals surface area contributed by atoms with Crippen LogP contribution in [0.4, 0.5) is 19.5 Å². The number of anilines is 1. The van der Waals surface area contributed by atoms with Gasteiger partial charge in [-0.15, -0.1) is 11.3 Å². The Hall–Kier alpha value is -3.02. The molecule has 0 bridgehead atoms. The lowest BCUT2D eigenvalue weighted by molar-refractivity contribution is 0.0409. The van der Waals surface area contributed by atoms with Crippen molar-refractivity contribution in [2.24, 2.45) is 0 Å². The Morgan fingerprint density at radius 2 is 1.86 bits per heavy atom. The van der Waals surface area contributed by atoms with Crippen molar-refractivity contribution >= 4 is 38.8 Å². The van der Waals surface area contributed by atoms with E-state index in [-0.39, 0.29) is 16.3 Å². The second-order valence-corrected chi connectivity index (χ2v) is 7.61. The van der Waals surface area contributed by atoms with Gasteiger partial charge in [0.05, 0.1) is 30.4 Å². The molecule has 0 atom stereocenters. The zero-order valence-corrected chi connectivity index (χ0v) is 16.0. The zero-order chi connectivity index (χ0) is 20.6. The molecule has 29 heavy (non-hydrogen) atoms. The number of nitrogens with zero attached hydrogens (tertiary/aromatic N) is 2. The fraction of sp³-hybridized carbons (Fsp3) is 0.238. The maximum absolute atomic E-state index is 15.6. The Morgan fingerprint density at radius 3 is 2.52 bits per heavy atom. The van der Waals surface area contributed by atoms with Gasteiger partial charge in [-0.25, -0.2) is 9.64 Å². The first-order valence-electron chi connectivity index (χ1n) is 8.91. The molecule has 0 saturated carbocycles. The molecule has 1 aliphatic heterocycles. The van der Waals surface area contributed by atoms with Crippen LogP contribution >= 0.6 is 11.3 Å². The van der Waals surface area contributed by atoms with Crippen molar-refractivity contribution in [3.63, 3.8) is 0 Å². The van der Waals surface area contributed by atoms with Gasteiger partial charge >= 0.3 is 5.97 Å². The van der Waals surface area contributed by atoms with Gasteiger partial charge in [0, 0.05) is 18.7 Å². The van der Waals surface area contributed by atoms with E-state index in [1.54, 1.807) is 23.1 Å². The smallest absolute Gasteiger partial charge is 0.345 e. The lowest BCUT2D eigenvalue weighted by Crippen LogP contribution is -2.35. The van der Waals surface area contributed by atoms with Crippen LogP contribution in [0, 0.1) is 6.57 Å². The second-order valence-electron chi connectivity index (χ2n) is 6.61. The van der Waals surface area contributed by atoms with E-state index in [2.05, 4.69) is 4.85 Å². The minimum atomic E-state index is -3.63. The summed E-state index contributed by atoms with van der Waals surface area (Å²) in [6.07, 6.45) is 0. The molecule has 2 aromatic carbocycles. The van der Waals surface area contributed by atoms with Crippen LogP contribution in [0.5, 0.6) is 0 Å². The predicted octanol–water partition coefficient (Wildman–Crippen LogP) is 5.13. The van der Waals surface area contributed by atoms with E-state index in [1.165, 1.54) is 12.1 Å². The Kier molecular flexibility index (Phi) is 4.94. The van der Waals surface area contributed by atoms with Crippen molar-refractivity contribution < 1.29 is 23.4 Å². The lowest BCUT2D eigenvalue weighted by Gasteiger charge is -2.28. The van der Waals surface area contributed by atoms with Crippen molar-refractivity contribution in [2.75, 3.05) is 31.2 Å². The first-order chi connectivity index (χ1) is 13.9. The highest BCUT2D eigenvalue weighted by atomic mass is 32.1. The molecule has 8 heteroatoms. The van der Waals surface area contributed by atoms with Crippen LogP contribution in [0.25, 0.3) is 15.6 Å². The molecule has 0 radical (unpaired) electrons. The zero-order valence-electron chi connectivity index (χ0n) is 15.2. The summed E-state index contributed by atoms with van der Waals surface area (Å²) >= 11 is 0.728. The standard InChI is InChI=1S/C21H16F2N2O3S/c1-24-17-16(18(20(26)27)29-19(17)25-8-10-28-11-9-25)21(22,23)15-7-6-13-4-2-3-5-14(13)12-15/h2-7,12H,8-11H2,(H,26,27). The summed E-state index contributed by atoms with van der Waals surface area (Å²) in [5.41, 5.74) is -1.37. The molecule has 1 aliphatic rings. The van der Waals surface area contributed by atoms with Gasteiger partial charge in [-0.2, -0.15) is 8.78 Å². The van der Waals surface area contributed by atoms with Crippen LogP contribution in [0.1, 0.15) is 20.8 Å². The number of carboxylic acids is 1. The predicted molar refractivity (Wildman–Crippen MR) is 108 cm³/mol. The maximum Gasteiger partial charge on any atom is 0.345 e. The van der Waals surface area contributed by atoms with Gasteiger partial charge in [-0.3, -0.25) is 0 Å². The Bertz CT molecular complexity index is 1130. The molecule has 0 spiro atoms. The van der Waals surface area contributed by atoms with Gasteiger partial charge in [-0.05, 0) is 16.8 Å². The first-order valence-corrected chi connectivity index (χ1v) is 9.73. The average Bonchev–Trinajstić information content (AvgIpc) is 3.15. The number of thiophene rings is 1. The fourth-order valence-electron chi connectivity index (χ4n) is 3.47. The monoisotopic (exact) mass is 414 g/mol. The van der Waals surface area contributed by atoms with Crippen LogP contribution < -0.4 is 4.90 Å². The number of alkyl halides is 2. The number of carboxylic acid groups (broad SMARTS) is 1. The molecule has 3 aromatic rings. The van der Waals surface area contributed by atoms with Crippen molar-refractivity contribution in [3.05, 3.63) is 69.9 Å². The third-order valence-electron chi connectivity index (χ3n) is 4.90. The van der Waals surface area contributed by atoms with E-state index in [0.29, 0.717) is 31.7 Å². The third kappa shape index (κ3) is 3.33. The molecular weight excluding hydrogens is 398 g/mol. The first kappa shape index (κ1) is 19.3. The Balaban J connectivity index is 1.90. The minimum Gasteiger partial charge on any atom is -0.477 e. The van der Waals surface area contributed by atoms with Crippen LogP contribution in [0.2, 0.25) is 0 Å². The van der Waals surface area contributed by atoms with Crippen molar-refractivity contribution in [3.8, 4) is 0 Å². The normalized spacial score (nSPS) is 14.7. The number of aromatic carboxylic acids is 1. The summed E-state index contributed by atoms with van der Waals surface area (Å²) in [4.78, 5) is 16.4. The highest BCUT2D eigenvalue weighted by Gasteiger charge is 2.43. The second kappa shape index (κ2) is 7.43. The summed E-state index contributed by atoms with van der Waals surface area (Å²) in [5, 5.41) is 11.3. The molecule has 0 amide bonds. The number of hydrogen-bond acceptors (Lipinski definition) is 4. The van der Waals surface area contributed by atoms with Gasteiger partial charge in [-0.1, -0.05) is 36.4 Å². The molecule has 1 aromatic heterocycles. The van der Waals surface area contributed by atoms with E-state index in [0.717, 1.165) is 16.7 Å². The van der Waals surface area contributed by atoms with Crippen LogP contribution in [0.15, 0.2) is 42.5 Å². The summed E-state index contributed by atoms with van der Waals surface area (Å²) in [7, 11) is 0. The molecule has 1 N–H and O–H groups in total. The molecule has 4 rings (SSSR count). The van der Waals surface area contributed by atoms with Gasteiger partial charge in [0.15, 0.2) is 0 Å². The summed E-state index contributed by atoms with van der Waals surface area (Å²) in [6.45, 7) is 9.15. The van der Waals surface area contributed by atoms with Crippen molar-refractivity contribution in [2.45, 2.75) is 5.92 Å². The summed E-state index contributed by atoms with van der Waals surface area (Å²) in [6, 6.07) is 11.3. The molecule has 1 saturated heterocycles. The number of halogens is 2. The molecule has 0 aliphatic carbocycles. The van der Waals surface area contributed by atoms with Crippen molar-refractivity contribution in [1.82, 2.24) is 0 Å². The molecule has 5 nitrogen and oxygen atoms in total. The van der Waals surface area contributed by atoms with E-state index in [1.807, 2.05) is 12.1 Å². The van der Waals surface area contributed by atoms with E-state index in [9.17, 15) is 9.90 Å². The highest BCUT2D eigenvalue weighted by Crippen LogP contribution is 2.52. The molecule has 1 fully saturated rings. The lowest BCUT2D eigenvalue weighted by atomic mass is 9.96. The van der Waals surface area contributed by atoms with Crippen LogP contribution in [-0.2, 0) is 10.7 Å². The molecular formula is C21H16F2N2O3S. The topological polar surface area (TPSA) is 54.1 Å². The van der Waals surface area contributed by atoms with E-state index >= 15 is 8.78 Å². The Morgan fingerprint density at radius 1 is 1.17 bits per heavy atom. The number of morpholine rings is 1. The quantitative estimate of drug-likeness (QED) is 0.602. The molecule has 0 unspecified atom stereocenters. The summed E-state index contributed by atoms with van der Waals surface area (Å²) < 4.78 is 36.5. The number of fused-ring (bicyclic) bond motifs is 1. The number of hydrogen-bond donors (Lipinski definition) is 1. The number of rotatable bonds is 4. The number of benzene rings is 2. The SMILES string of the molecule is [C-]#[N+]c1c(N2CCOCC2)sc(C(=O)O)c1C(F)(F)c1ccc2ccccc2c1.